The molecule has 0 bridgehead atoms. The Morgan fingerprint density at radius 3 is 2.25 bits per heavy atom. The van der Waals surface area contributed by atoms with E-state index in [1.807, 2.05) is 0 Å². The molecule has 0 aliphatic carbocycles. The lowest BCUT2D eigenvalue weighted by molar-refractivity contribution is -0.141. The molecule has 0 aliphatic heterocycles. The molecule has 10 heteroatoms. The van der Waals surface area contributed by atoms with Gasteiger partial charge in [-0.25, -0.2) is 9.59 Å². The van der Waals surface area contributed by atoms with E-state index in [1.54, 1.807) is 13.8 Å². The highest BCUT2D eigenvalue weighted by Crippen LogP contribution is 2.40. The predicted octanol–water partition coefficient (Wildman–Crippen LogP) is 4.23. The van der Waals surface area contributed by atoms with Crippen LogP contribution in [0.4, 0.5) is 5.69 Å². The summed E-state index contributed by atoms with van der Waals surface area (Å²) in [5, 5.41) is 0.379. The third kappa shape index (κ3) is 5.63. The Morgan fingerprint density at radius 2 is 1.67 bits per heavy atom. The average Bonchev–Trinajstić information content (AvgIpc) is 2.54. The van der Waals surface area contributed by atoms with Gasteiger partial charge in [0.25, 0.3) is 0 Å². The third-order valence-corrected chi connectivity index (χ3v) is 4.23. The third-order valence-electron chi connectivity index (χ3n) is 2.48. The van der Waals surface area contributed by atoms with Gasteiger partial charge in [-0.15, -0.1) is 0 Å². The normalized spacial score (nSPS) is 11.0. The number of hydrogen-bond acceptors (Lipinski definition) is 6. The van der Waals surface area contributed by atoms with E-state index in [0.29, 0.717) is 0 Å². The summed E-state index contributed by atoms with van der Waals surface area (Å²) in [6, 6.07) is 1.40. The van der Waals surface area contributed by atoms with Crippen molar-refractivity contribution in [1.29, 1.82) is 0 Å². The highest BCUT2D eigenvalue weighted by Gasteiger charge is 2.16. The van der Waals surface area contributed by atoms with E-state index in [0.717, 1.165) is 6.08 Å². The fourth-order valence-electron chi connectivity index (χ4n) is 1.46. The lowest BCUT2D eigenvalue weighted by Gasteiger charge is -2.15. The monoisotopic (exact) mass is 414 g/mol. The van der Waals surface area contributed by atoms with E-state index < -0.39 is 11.9 Å². The number of carbonyl (C=O) groups is 2. The van der Waals surface area contributed by atoms with E-state index >= 15 is 0 Å². The van der Waals surface area contributed by atoms with Gasteiger partial charge in [0, 0.05) is 0 Å². The number of hydrazine groups is 1. The molecule has 0 aliphatic rings. The second-order valence-electron chi connectivity index (χ2n) is 4.13. The zero-order valence-corrected chi connectivity index (χ0v) is 15.7. The summed E-state index contributed by atoms with van der Waals surface area (Å²) >= 11 is 23.8. The fourth-order valence-corrected chi connectivity index (χ4v) is 2.30. The molecule has 1 aromatic rings. The molecule has 2 N–H and O–H groups in total. The van der Waals surface area contributed by atoms with Crippen LogP contribution in [0.5, 0.6) is 0 Å². The van der Waals surface area contributed by atoms with Crippen LogP contribution in [-0.2, 0) is 19.1 Å². The van der Waals surface area contributed by atoms with Crippen molar-refractivity contribution in [1.82, 2.24) is 5.43 Å². The maximum atomic E-state index is 11.9. The van der Waals surface area contributed by atoms with Crippen LogP contribution < -0.4 is 10.9 Å². The van der Waals surface area contributed by atoms with E-state index in [1.165, 1.54) is 6.07 Å². The molecule has 1 rings (SSSR count). The molecule has 0 fully saturated rings. The van der Waals surface area contributed by atoms with Crippen molar-refractivity contribution in [3.63, 3.8) is 0 Å². The van der Waals surface area contributed by atoms with Crippen LogP contribution in [0.25, 0.3) is 0 Å². The van der Waals surface area contributed by atoms with Gasteiger partial charge < -0.3 is 9.47 Å². The van der Waals surface area contributed by atoms with Crippen molar-refractivity contribution in [2.45, 2.75) is 13.8 Å². The van der Waals surface area contributed by atoms with Crippen LogP contribution in [0.2, 0.25) is 20.1 Å². The standard InChI is InChI=1S/C14H14Cl4N2O4/c1-3-23-10(21)6-9(14(22)24-4-2)20-19-8-5-7(15)11(16)13(18)12(8)17/h5-6,19-20H,3-4H2,1-2H3/b9-6-. The quantitative estimate of drug-likeness (QED) is 0.228. The van der Waals surface area contributed by atoms with Crippen LogP contribution in [0.3, 0.4) is 0 Å². The van der Waals surface area contributed by atoms with Crippen molar-refractivity contribution in [2.24, 2.45) is 0 Å². The molecule has 0 heterocycles. The highest BCUT2D eigenvalue weighted by atomic mass is 35.5. The molecule has 1 aromatic carbocycles. The molecule has 0 radical (unpaired) electrons. The Bertz CT molecular complexity index is 665. The van der Waals surface area contributed by atoms with Gasteiger partial charge in [0.05, 0.1) is 45.1 Å². The zero-order valence-electron chi connectivity index (χ0n) is 12.7. The molecule has 0 unspecified atom stereocenters. The van der Waals surface area contributed by atoms with Crippen LogP contribution in [0.1, 0.15) is 13.8 Å². The summed E-state index contributed by atoms with van der Waals surface area (Å²) in [7, 11) is 0. The molecule has 132 valence electrons. The maximum Gasteiger partial charge on any atom is 0.356 e. The minimum atomic E-state index is -0.764. The van der Waals surface area contributed by atoms with Gasteiger partial charge in [-0.05, 0) is 19.9 Å². The van der Waals surface area contributed by atoms with Crippen molar-refractivity contribution in [3.8, 4) is 0 Å². The molecule has 0 spiro atoms. The number of ether oxygens (including phenoxy) is 2. The number of nitrogens with one attached hydrogen (secondary N) is 2. The maximum absolute atomic E-state index is 11.9. The predicted molar refractivity (Wildman–Crippen MR) is 94.6 cm³/mol. The van der Waals surface area contributed by atoms with Crippen LogP contribution in [0, 0.1) is 0 Å². The van der Waals surface area contributed by atoms with Crippen molar-refractivity contribution in [3.05, 3.63) is 37.9 Å². The van der Waals surface area contributed by atoms with Crippen molar-refractivity contribution in [2.75, 3.05) is 18.6 Å². The van der Waals surface area contributed by atoms with Gasteiger partial charge in [-0.1, -0.05) is 46.4 Å². The number of rotatable bonds is 7. The molecular formula is C14H14Cl4N2O4. The number of benzene rings is 1. The highest BCUT2D eigenvalue weighted by molar-refractivity contribution is 6.52. The molecule has 0 saturated carbocycles. The van der Waals surface area contributed by atoms with Crippen LogP contribution >= 0.6 is 46.4 Å². The lowest BCUT2D eigenvalue weighted by Crippen LogP contribution is -2.29. The van der Waals surface area contributed by atoms with Crippen molar-refractivity contribution >= 4 is 64.0 Å². The first-order valence-electron chi connectivity index (χ1n) is 6.72. The lowest BCUT2D eigenvalue weighted by atomic mass is 10.3. The molecule has 24 heavy (non-hydrogen) atoms. The number of anilines is 1. The summed E-state index contributed by atoms with van der Waals surface area (Å²) < 4.78 is 9.60. The first-order valence-corrected chi connectivity index (χ1v) is 8.23. The summed E-state index contributed by atoms with van der Waals surface area (Å²) in [5.41, 5.74) is 5.20. The smallest absolute Gasteiger partial charge is 0.356 e. The number of hydrogen-bond donors (Lipinski definition) is 2. The zero-order chi connectivity index (χ0) is 18.3. The first kappa shape index (κ1) is 20.7. The Morgan fingerprint density at radius 1 is 1.04 bits per heavy atom. The molecule has 0 atom stereocenters. The summed E-state index contributed by atoms with van der Waals surface area (Å²) in [4.78, 5) is 23.4. The fraction of sp³-hybridized carbons (Fsp3) is 0.286. The molecule has 6 nitrogen and oxygen atoms in total. The minimum absolute atomic E-state index is 0.0437. The largest absolute Gasteiger partial charge is 0.463 e. The van der Waals surface area contributed by atoms with E-state index in [4.69, 9.17) is 55.9 Å². The minimum Gasteiger partial charge on any atom is -0.463 e. The first-order chi connectivity index (χ1) is 11.3. The average molecular weight is 416 g/mol. The molecular weight excluding hydrogens is 402 g/mol. The summed E-state index contributed by atoms with van der Waals surface area (Å²) in [6.07, 6.45) is 0.946. The summed E-state index contributed by atoms with van der Waals surface area (Å²) in [5.74, 6) is -1.48. The van der Waals surface area contributed by atoms with Gasteiger partial charge in [-0.2, -0.15) is 0 Å². The van der Waals surface area contributed by atoms with Crippen LogP contribution in [0.15, 0.2) is 17.8 Å². The Balaban J connectivity index is 3.01. The Kier molecular flexibility index (Phi) is 8.48. The van der Waals surface area contributed by atoms with Crippen molar-refractivity contribution < 1.29 is 19.1 Å². The second-order valence-corrected chi connectivity index (χ2v) is 5.67. The SMILES string of the molecule is CCOC(=O)/C=C(\NNc1cc(Cl)c(Cl)c(Cl)c1Cl)C(=O)OCC. The van der Waals surface area contributed by atoms with E-state index in [2.05, 4.69) is 10.9 Å². The molecule has 0 amide bonds. The molecule has 0 aromatic heterocycles. The van der Waals surface area contributed by atoms with E-state index in [9.17, 15) is 9.59 Å². The summed E-state index contributed by atoms with van der Waals surface area (Å²) in [6.45, 7) is 3.55. The van der Waals surface area contributed by atoms with Gasteiger partial charge in [0.15, 0.2) is 0 Å². The topological polar surface area (TPSA) is 76.7 Å². The van der Waals surface area contributed by atoms with Gasteiger partial charge >= 0.3 is 11.9 Å². The number of esters is 2. The van der Waals surface area contributed by atoms with Crippen LogP contribution in [-0.4, -0.2) is 25.2 Å². The second kappa shape index (κ2) is 9.84. The van der Waals surface area contributed by atoms with E-state index in [-0.39, 0.29) is 44.7 Å². The number of halogens is 4. The molecule has 0 saturated heterocycles. The Hall–Kier alpha value is -1.34. The van der Waals surface area contributed by atoms with Gasteiger partial charge in [-0.3, -0.25) is 10.9 Å². The van der Waals surface area contributed by atoms with Gasteiger partial charge in [0.2, 0.25) is 0 Å². The number of carbonyl (C=O) groups excluding carboxylic acids is 2. The Labute approximate surface area is 158 Å². The van der Waals surface area contributed by atoms with Gasteiger partial charge in [0.1, 0.15) is 5.70 Å².